The molecule has 0 radical (unpaired) electrons. The van der Waals surface area contributed by atoms with Crippen molar-refractivity contribution in [3.8, 4) is 17.2 Å². The van der Waals surface area contributed by atoms with Gasteiger partial charge in [0.25, 0.3) is 0 Å². The Morgan fingerprint density at radius 1 is 1.04 bits per heavy atom. The molecule has 3 nitrogen and oxygen atoms in total. The number of hydrogen-bond donors (Lipinski definition) is 1. The van der Waals surface area contributed by atoms with E-state index in [1.54, 1.807) is 0 Å². The molecule has 2 aromatic carbocycles. The van der Waals surface area contributed by atoms with E-state index in [0.717, 1.165) is 42.4 Å². The van der Waals surface area contributed by atoms with Crippen LogP contribution in [-0.2, 0) is 10.2 Å². The quantitative estimate of drug-likeness (QED) is 0.576. The Hall–Kier alpha value is -2.60. The predicted octanol–water partition coefficient (Wildman–Crippen LogP) is 6.32. The van der Waals surface area contributed by atoms with Crippen molar-refractivity contribution in [2.24, 2.45) is 5.92 Å². The van der Waals surface area contributed by atoms with Gasteiger partial charge in [-0.05, 0) is 60.4 Å². The molecule has 2 aromatic rings. The van der Waals surface area contributed by atoms with Crippen LogP contribution in [0.1, 0.15) is 69.4 Å². The molecule has 0 bridgehead atoms. The Morgan fingerprint density at radius 2 is 1.61 bits per heavy atom. The van der Waals surface area contributed by atoms with Crippen molar-refractivity contribution in [2.75, 3.05) is 0 Å². The van der Waals surface area contributed by atoms with Crippen molar-refractivity contribution in [3.05, 3.63) is 59.7 Å². The number of rotatable bonds is 7. The molecule has 1 aliphatic rings. The van der Waals surface area contributed by atoms with Gasteiger partial charge in [0, 0.05) is 0 Å². The summed E-state index contributed by atoms with van der Waals surface area (Å²) in [5.74, 6) is -0.0115. The smallest absolute Gasteiger partial charge is 0.314 e. The minimum Gasteiger partial charge on any atom is -0.481 e. The predicted molar refractivity (Wildman–Crippen MR) is 112 cm³/mol. The van der Waals surface area contributed by atoms with Crippen LogP contribution < -0.4 is 0 Å². The number of nitrogens with zero attached hydrogens (tertiary/aromatic N) is 1. The van der Waals surface area contributed by atoms with Gasteiger partial charge >= 0.3 is 5.97 Å². The van der Waals surface area contributed by atoms with E-state index in [-0.39, 0.29) is 0 Å². The third-order valence-electron chi connectivity index (χ3n) is 6.37. The van der Waals surface area contributed by atoms with Crippen molar-refractivity contribution in [2.45, 2.75) is 63.7 Å². The first-order chi connectivity index (χ1) is 13.6. The van der Waals surface area contributed by atoms with Gasteiger partial charge in [-0.15, -0.1) is 0 Å². The molecule has 3 heteroatoms. The number of carboxylic acids is 1. The monoisotopic (exact) mass is 375 g/mol. The molecule has 1 N–H and O–H groups in total. The molecule has 0 saturated heterocycles. The van der Waals surface area contributed by atoms with Crippen molar-refractivity contribution >= 4 is 5.97 Å². The SMILES string of the molecule is CCCCCC1CCC(C(=O)O)(c2ccc(-c3ccc(C#N)cc3)cc2)CC1. The molecule has 1 fully saturated rings. The van der Waals surface area contributed by atoms with Crippen LogP contribution in [0, 0.1) is 17.2 Å². The van der Waals surface area contributed by atoms with Crippen LogP contribution in [0.2, 0.25) is 0 Å². The zero-order valence-corrected chi connectivity index (χ0v) is 16.7. The van der Waals surface area contributed by atoms with Crippen molar-refractivity contribution in [1.29, 1.82) is 5.26 Å². The zero-order chi connectivity index (χ0) is 20.0. The summed E-state index contributed by atoms with van der Waals surface area (Å²) in [7, 11) is 0. The second-order valence-corrected chi connectivity index (χ2v) is 8.09. The lowest BCUT2D eigenvalue weighted by Gasteiger charge is -2.37. The lowest BCUT2D eigenvalue weighted by molar-refractivity contribution is -0.145. The highest BCUT2D eigenvalue weighted by atomic mass is 16.4. The molecule has 1 saturated carbocycles. The summed E-state index contributed by atoms with van der Waals surface area (Å²) >= 11 is 0. The molecule has 0 aliphatic heterocycles. The normalized spacial score (nSPS) is 21.8. The van der Waals surface area contributed by atoms with E-state index in [2.05, 4.69) is 13.0 Å². The average molecular weight is 376 g/mol. The molecule has 146 valence electrons. The molecule has 0 unspecified atom stereocenters. The van der Waals surface area contributed by atoms with E-state index in [1.807, 2.05) is 48.5 Å². The van der Waals surface area contributed by atoms with Gasteiger partial charge in [-0.25, -0.2) is 0 Å². The van der Waals surface area contributed by atoms with Crippen molar-refractivity contribution in [3.63, 3.8) is 0 Å². The van der Waals surface area contributed by atoms with Crippen LogP contribution in [0.25, 0.3) is 11.1 Å². The number of aliphatic carboxylic acids is 1. The fourth-order valence-electron chi connectivity index (χ4n) is 4.49. The number of benzene rings is 2. The van der Waals surface area contributed by atoms with E-state index in [0.29, 0.717) is 11.5 Å². The second kappa shape index (κ2) is 9.06. The Kier molecular flexibility index (Phi) is 6.52. The van der Waals surface area contributed by atoms with E-state index < -0.39 is 11.4 Å². The van der Waals surface area contributed by atoms with Gasteiger partial charge in [0.2, 0.25) is 0 Å². The number of hydrogen-bond acceptors (Lipinski definition) is 2. The second-order valence-electron chi connectivity index (χ2n) is 8.09. The molecule has 0 aromatic heterocycles. The molecular weight excluding hydrogens is 346 g/mol. The van der Waals surface area contributed by atoms with Gasteiger partial charge in [-0.3, -0.25) is 4.79 Å². The largest absolute Gasteiger partial charge is 0.481 e. The highest BCUT2D eigenvalue weighted by molar-refractivity contribution is 5.82. The van der Waals surface area contributed by atoms with Crippen LogP contribution >= 0.6 is 0 Å². The first kappa shape index (κ1) is 20.1. The van der Waals surface area contributed by atoms with E-state index in [1.165, 1.54) is 25.7 Å². The number of nitriles is 1. The Balaban J connectivity index is 1.74. The van der Waals surface area contributed by atoms with Crippen molar-refractivity contribution in [1.82, 2.24) is 0 Å². The maximum Gasteiger partial charge on any atom is 0.314 e. The van der Waals surface area contributed by atoms with Crippen LogP contribution in [0.15, 0.2) is 48.5 Å². The van der Waals surface area contributed by atoms with E-state index in [9.17, 15) is 9.90 Å². The Bertz CT molecular complexity index is 822. The molecule has 0 atom stereocenters. The highest BCUT2D eigenvalue weighted by Crippen LogP contribution is 2.43. The Morgan fingerprint density at radius 3 is 2.11 bits per heavy atom. The minimum absolute atomic E-state index is 0.640. The van der Waals surface area contributed by atoms with Crippen LogP contribution in [0.5, 0.6) is 0 Å². The summed E-state index contributed by atoms with van der Waals surface area (Å²) in [4.78, 5) is 12.2. The minimum atomic E-state index is -0.746. The molecule has 1 aliphatic carbocycles. The van der Waals surface area contributed by atoms with Gasteiger partial charge in [0.15, 0.2) is 0 Å². The number of carboxylic acid groups (broad SMARTS) is 1. The topological polar surface area (TPSA) is 61.1 Å². The van der Waals surface area contributed by atoms with Gasteiger partial charge in [-0.1, -0.05) is 69.0 Å². The first-order valence-corrected chi connectivity index (χ1v) is 10.4. The lowest BCUT2D eigenvalue weighted by atomic mass is 9.66. The van der Waals surface area contributed by atoms with Crippen LogP contribution in [0.3, 0.4) is 0 Å². The third kappa shape index (κ3) is 4.28. The summed E-state index contributed by atoms with van der Waals surface area (Å²) in [5, 5.41) is 19.0. The molecule has 0 spiro atoms. The first-order valence-electron chi connectivity index (χ1n) is 10.4. The van der Waals surface area contributed by atoms with Gasteiger partial charge in [0.05, 0.1) is 17.0 Å². The summed E-state index contributed by atoms with van der Waals surface area (Å²) < 4.78 is 0. The van der Waals surface area contributed by atoms with E-state index >= 15 is 0 Å². The number of carbonyl (C=O) groups is 1. The fourth-order valence-corrected chi connectivity index (χ4v) is 4.49. The third-order valence-corrected chi connectivity index (χ3v) is 6.37. The lowest BCUT2D eigenvalue weighted by Crippen LogP contribution is -2.39. The number of unbranched alkanes of at least 4 members (excludes halogenated alkanes) is 2. The summed E-state index contributed by atoms with van der Waals surface area (Å²) in [6, 6.07) is 17.6. The van der Waals surface area contributed by atoms with Gasteiger partial charge in [0.1, 0.15) is 0 Å². The molecule has 3 rings (SSSR count). The highest BCUT2D eigenvalue weighted by Gasteiger charge is 2.43. The van der Waals surface area contributed by atoms with Crippen LogP contribution in [-0.4, -0.2) is 11.1 Å². The summed E-state index contributed by atoms with van der Waals surface area (Å²) in [5.41, 5.74) is 2.90. The van der Waals surface area contributed by atoms with E-state index in [4.69, 9.17) is 5.26 Å². The average Bonchev–Trinajstić information content (AvgIpc) is 2.74. The molecular formula is C25H29NO2. The van der Waals surface area contributed by atoms with Crippen LogP contribution in [0.4, 0.5) is 0 Å². The standard InChI is InChI=1S/C25H29NO2/c1-2-3-4-5-19-14-16-25(17-15-19,24(27)28)23-12-10-22(11-13-23)21-8-6-20(18-26)7-9-21/h6-13,19H,2-5,14-17H2,1H3,(H,27,28). The zero-order valence-electron chi connectivity index (χ0n) is 16.7. The summed E-state index contributed by atoms with van der Waals surface area (Å²) in [6.07, 6.45) is 8.49. The Labute approximate surface area is 168 Å². The maximum atomic E-state index is 12.2. The van der Waals surface area contributed by atoms with Gasteiger partial charge in [-0.2, -0.15) is 5.26 Å². The fraction of sp³-hybridized carbons (Fsp3) is 0.440. The van der Waals surface area contributed by atoms with Crippen molar-refractivity contribution < 1.29 is 9.90 Å². The van der Waals surface area contributed by atoms with Gasteiger partial charge < -0.3 is 5.11 Å². The summed E-state index contributed by atoms with van der Waals surface area (Å²) in [6.45, 7) is 2.22. The maximum absolute atomic E-state index is 12.2. The molecule has 28 heavy (non-hydrogen) atoms. The molecule has 0 heterocycles. The molecule has 0 amide bonds.